The molecule has 3 atom stereocenters. The third-order valence-corrected chi connectivity index (χ3v) is 7.16. The predicted octanol–water partition coefficient (Wildman–Crippen LogP) is 5.02. The Labute approximate surface area is 222 Å². The van der Waals surface area contributed by atoms with Gasteiger partial charge in [0.1, 0.15) is 5.92 Å². The highest BCUT2D eigenvalue weighted by atomic mass is 16.5. The second-order valence-corrected chi connectivity index (χ2v) is 9.49. The molecule has 1 aliphatic carbocycles. The van der Waals surface area contributed by atoms with E-state index in [0.717, 1.165) is 11.1 Å². The largest absolute Gasteiger partial charge is 0.493 e. The molecule has 1 unspecified atom stereocenters. The fraction of sp³-hybridized carbons (Fsp3) is 0.400. The van der Waals surface area contributed by atoms with Gasteiger partial charge >= 0.3 is 11.9 Å². The van der Waals surface area contributed by atoms with Gasteiger partial charge in [-0.1, -0.05) is 25.1 Å². The maximum absolute atomic E-state index is 13.8. The number of esters is 2. The van der Waals surface area contributed by atoms with Crippen LogP contribution in [0.2, 0.25) is 0 Å². The monoisotopic (exact) mass is 519 g/mol. The van der Waals surface area contributed by atoms with Gasteiger partial charge in [-0.2, -0.15) is 0 Å². The van der Waals surface area contributed by atoms with Crippen molar-refractivity contribution < 1.29 is 33.3 Å². The highest BCUT2D eigenvalue weighted by Gasteiger charge is 2.44. The number of benzene rings is 2. The SMILES string of the molecule is CCCOC(=O)C1C(C)=NC2=C(C(=O)C[C@@H](c3ccc(OC)c(OC)c3)C2)[C@@H]1c1ccc(C(=O)OC)cc1. The molecule has 0 aromatic heterocycles. The summed E-state index contributed by atoms with van der Waals surface area (Å²) in [6, 6.07) is 12.5. The van der Waals surface area contributed by atoms with Crippen molar-refractivity contribution in [3.05, 3.63) is 70.4 Å². The van der Waals surface area contributed by atoms with Crippen molar-refractivity contribution in [1.29, 1.82) is 0 Å². The Morgan fingerprint density at radius 3 is 2.26 bits per heavy atom. The van der Waals surface area contributed by atoms with Crippen LogP contribution in [0.15, 0.2) is 58.7 Å². The summed E-state index contributed by atoms with van der Waals surface area (Å²) in [5, 5.41) is 0. The summed E-state index contributed by atoms with van der Waals surface area (Å²) in [4.78, 5) is 43.8. The number of carbonyl (C=O) groups excluding carboxylic acids is 3. The lowest BCUT2D eigenvalue weighted by Gasteiger charge is -2.36. The molecule has 0 saturated carbocycles. The molecule has 2 aromatic rings. The van der Waals surface area contributed by atoms with Gasteiger partial charge in [0, 0.05) is 29.3 Å². The quantitative estimate of drug-likeness (QED) is 0.452. The Kier molecular flexibility index (Phi) is 8.29. The standard InChI is InChI=1S/C30H33NO7/c1-6-13-38-30(34)26-17(2)31-22-14-21(20-11-12-24(35-3)25(16-20)36-4)15-23(32)28(22)27(26)18-7-9-19(10-8-18)29(33)37-5/h7-12,16,21,26-27H,6,13-15H2,1-5H3/t21-,26?,27+/m0/s1. The zero-order chi connectivity index (χ0) is 27.4. The molecule has 1 aliphatic heterocycles. The van der Waals surface area contributed by atoms with Gasteiger partial charge in [-0.05, 0) is 61.1 Å². The maximum atomic E-state index is 13.8. The molecule has 0 spiro atoms. The zero-order valence-corrected chi connectivity index (χ0v) is 22.4. The molecule has 0 fully saturated rings. The number of aliphatic imine (C=N–C) groups is 1. The van der Waals surface area contributed by atoms with E-state index in [1.54, 1.807) is 38.5 Å². The molecule has 2 aromatic carbocycles. The van der Waals surface area contributed by atoms with E-state index < -0.39 is 23.8 Å². The molecule has 4 rings (SSSR count). The van der Waals surface area contributed by atoms with Crippen molar-refractivity contribution in [2.45, 2.75) is 44.9 Å². The van der Waals surface area contributed by atoms with E-state index in [9.17, 15) is 14.4 Å². The maximum Gasteiger partial charge on any atom is 0.337 e. The summed E-state index contributed by atoms with van der Waals surface area (Å²) in [5.41, 5.74) is 3.92. The first kappa shape index (κ1) is 27.1. The molecule has 0 radical (unpaired) electrons. The van der Waals surface area contributed by atoms with Gasteiger partial charge in [-0.25, -0.2) is 4.79 Å². The van der Waals surface area contributed by atoms with Crippen molar-refractivity contribution in [2.75, 3.05) is 27.9 Å². The van der Waals surface area contributed by atoms with E-state index in [2.05, 4.69) is 0 Å². The average Bonchev–Trinajstić information content (AvgIpc) is 2.94. The number of hydrogen-bond donors (Lipinski definition) is 0. The Hall–Kier alpha value is -3.94. The lowest BCUT2D eigenvalue weighted by atomic mass is 9.69. The minimum atomic E-state index is -0.731. The second-order valence-electron chi connectivity index (χ2n) is 9.49. The Balaban J connectivity index is 1.76. The molecule has 0 N–H and O–H groups in total. The smallest absolute Gasteiger partial charge is 0.337 e. The van der Waals surface area contributed by atoms with Crippen LogP contribution in [0, 0.1) is 5.92 Å². The van der Waals surface area contributed by atoms with Crippen LogP contribution in [0.5, 0.6) is 11.5 Å². The van der Waals surface area contributed by atoms with Crippen LogP contribution in [-0.4, -0.2) is 51.4 Å². The number of nitrogens with zero attached hydrogens (tertiary/aromatic N) is 1. The van der Waals surface area contributed by atoms with E-state index in [4.69, 9.17) is 23.9 Å². The van der Waals surface area contributed by atoms with E-state index in [-0.39, 0.29) is 24.7 Å². The third-order valence-electron chi connectivity index (χ3n) is 7.16. The molecule has 2 aliphatic rings. The lowest BCUT2D eigenvalue weighted by Crippen LogP contribution is -2.38. The number of ether oxygens (including phenoxy) is 4. The van der Waals surface area contributed by atoms with Gasteiger partial charge in [-0.3, -0.25) is 14.6 Å². The lowest BCUT2D eigenvalue weighted by molar-refractivity contribution is -0.146. The highest BCUT2D eigenvalue weighted by Crippen LogP contribution is 2.47. The van der Waals surface area contributed by atoms with E-state index in [0.29, 0.717) is 46.9 Å². The van der Waals surface area contributed by atoms with E-state index in [1.807, 2.05) is 32.0 Å². The summed E-state index contributed by atoms with van der Waals surface area (Å²) in [6.07, 6.45) is 1.50. The zero-order valence-electron chi connectivity index (χ0n) is 22.4. The summed E-state index contributed by atoms with van der Waals surface area (Å²) in [6.45, 7) is 4.03. The van der Waals surface area contributed by atoms with Crippen LogP contribution in [0.1, 0.15) is 66.4 Å². The summed E-state index contributed by atoms with van der Waals surface area (Å²) >= 11 is 0. The molecular formula is C30H33NO7. The normalized spacial score (nSPS) is 20.8. The number of allylic oxidation sites excluding steroid dienone is 2. The Bertz CT molecular complexity index is 1290. The topological polar surface area (TPSA) is 100 Å². The summed E-state index contributed by atoms with van der Waals surface area (Å²) < 4.78 is 21.2. The summed E-state index contributed by atoms with van der Waals surface area (Å²) in [5.74, 6) is -1.08. The fourth-order valence-electron chi connectivity index (χ4n) is 5.30. The van der Waals surface area contributed by atoms with Crippen LogP contribution < -0.4 is 9.47 Å². The number of rotatable bonds is 8. The van der Waals surface area contributed by atoms with Crippen molar-refractivity contribution in [1.82, 2.24) is 0 Å². The minimum Gasteiger partial charge on any atom is -0.493 e. The van der Waals surface area contributed by atoms with Crippen LogP contribution >= 0.6 is 0 Å². The second kappa shape index (κ2) is 11.6. The van der Waals surface area contributed by atoms with Crippen molar-refractivity contribution in [3.63, 3.8) is 0 Å². The molecule has 38 heavy (non-hydrogen) atoms. The Morgan fingerprint density at radius 1 is 0.947 bits per heavy atom. The Morgan fingerprint density at radius 2 is 1.63 bits per heavy atom. The number of hydrogen-bond acceptors (Lipinski definition) is 8. The van der Waals surface area contributed by atoms with Gasteiger partial charge in [0.25, 0.3) is 0 Å². The molecule has 8 nitrogen and oxygen atoms in total. The molecule has 0 bridgehead atoms. The number of ketones is 1. The molecule has 1 heterocycles. The van der Waals surface area contributed by atoms with Gasteiger partial charge in [0.15, 0.2) is 17.3 Å². The minimum absolute atomic E-state index is 0.0578. The van der Waals surface area contributed by atoms with Crippen molar-refractivity contribution >= 4 is 23.4 Å². The fourth-order valence-corrected chi connectivity index (χ4v) is 5.30. The van der Waals surface area contributed by atoms with Gasteiger partial charge in [0.2, 0.25) is 0 Å². The van der Waals surface area contributed by atoms with E-state index >= 15 is 0 Å². The van der Waals surface area contributed by atoms with Crippen LogP contribution in [0.3, 0.4) is 0 Å². The number of Topliss-reactive ketones (excluding diaryl/α,β-unsaturated/α-hetero) is 1. The van der Waals surface area contributed by atoms with Crippen molar-refractivity contribution in [2.24, 2.45) is 10.9 Å². The van der Waals surface area contributed by atoms with Crippen molar-refractivity contribution in [3.8, 4) is 11.5 Å². The number of carbonyl (C=O) groups is 3. The predicted molar refractivity (Wildman–Crippen MR) is 142 cm³/mol. The van der Waals surface area contributed by atoms with Gasteiger partial charge < -0.3 is 18.9 Å². The van der Waals surface area contributed by atoms with E-state index in [1.165, 1.54) is 7.11 Å². The highest BCUT2D eigenvalue weighted by molar-refractivity contribution is 6.09. The van der Waals surface area contributed by atoms with Crippen LogP contribution in [-0.2, 0) is 19.1 Å². The molecule has 8 heteroatoms. The first-order valence-corrected chi connectivity index (χ1v) is 12.7. The third kappa shape index (κ3) is 5.21. The van der Waals surface area contributed by atoms with Gasteiger partial charge in [0.05, 0.1) is 33.5 Å². The molecule has 0 amide bonds. The van der Waals surface area contributed by atoms with Crippen LogP contribution in [0.25, 0.3) is 0 Å². The number of methoxy groups -OCH3 is 3. The first-order chi connectivity index (χ1) is 18.3. The summed E-state index contributed by atoms with van der Waals surface area (Å²) in [7, 11) is 4.48. The molecular weight excluding hydrogens is 486 g/mol. The molecule has 200 valence electrons. The average molecular weight is 520 g/mol. The van der Waals surface area contributed by atoms with Gasteiger partial charge in [-0.15, -0.1) is 0 Å². The first-order valence-electron chi connectivity index (χ1n) is 12.7. The molecule has 0 saturated heterocycles. The van der Waals surface area contributed by atoms with Crippen LogP contribution in [0.4, 0.5) is 0 Å².